The summed E-state index contributed by atoms with van der Waals surface area (Å²) in [6, 6.07) is 4.61. The van der Waals surface area contributed by atoms with E-state index in [2.05, 4.69) is 15.2 Å². The smallest absolute Gasteiger partial charge is 0.295 e. The van der Waals surface area contributed by atoms with Gasteiger partial charge < -0.3 is 14.9 Å². The van der Waals surface area contributed by atoms with E-state index in [1.165, 1.54) is 4.90 Å². The number of rotatable bonds is 6. The molecule has 1 amide bonds. The van der Waals surface area contributed by atoms with Crippen LogP contribution in [0.1, 0.15) is 35.1 Å². The van der Waals surface area contributed by atoms with Crippen molar-refractivity contribution >= 4 is 17.4 Å². The molecule has 0 aromatic carbocycles. The second kappa shape index (κ2) is 7.93. The minimum atomic E-state index is -0.725. The maximum absolute atomic E-state index is 12.9. The zero-order valence-corrected chi connectivity index (χ0v) is 16.6. The summed E-state index contributed by atoms with van der Waals surface area (Å²) in [5, 5.41) is 17.9. The summed E-state index contributed by atoms with van der Waals surface area (Å²) in [5.74, 6) is -1.53. The minimum Gasteiger partial charge on any atom is -0.507 e. The molecule has 0 radical (unpaired) electrons. The molecule has 1 fully saturated rings. The van der Waals surface area contributed by atoms with Gasteiger partial charge in [0.05, 0.1) is 22.5 Å². The number of aliphatic hydroxyl groups excluding tert-OH is 1. The van der Waals surface area contributed by atoms with Gasteiger partial charge in [-0.25, -0.2) is 0 Å². The predicted molar refractivity (Wildman–Crippen MR) is 104 cm³/mol. The number of H-pyrrole nitrogens is 1. The Labute approximate surface area is 163 Å². The van der Waals surface area contributed by atoms with Crippen molar-refractivity contribution < 1.29 is 14.7 Å². The van der Waals surface area contributed by atoms with E-state index in [-0.39, 0.29) is 11.3 Å². The van der Waals surface area contributed by atoms with Crippen molar-refractivity contribution in [2.24, 2.45) is 0 Å². The zero-order chi connectivity index (χ0) is 20.4. The highest BCUT2D eigenvalue weighted by Crippen LogP contribution is 2.39. The minimum absolute atomic E-state index is 0.0566. The van der Waals surface area contributed by atoms with Crippen molar-refractivity contribution in [3.63, 3.8) is 0 Å². The van der Waals surface area contributed by atoms with E-state index in [1.807, 2.05) is 19.0 Å². The monoisotopic (exact) mass is 383 g/mol. The molecule has 28 heavy (non-hydrogen) atoms. The molecule has 8 nitrogen and oxygen atoms in total. The zero-order valence-electron chi connectivity index (χ0n) is 16.6. The second-order valence-electron chi connectivity index (χ2n) is 7.21. The molecule has 0 aliphatic carbocycles. The normalized spacial score (nSPS) is 19.0. The largest absolute Gasteiger partial charge is 0.507 e. The lowest BCUT2D eigenvalue weighted by Gasteiger charge is -2.25. The maximum atomic E-state index is 12.9. The Hall–Kier alpha value is -3.00. The fraction of sp³-hybridized carbons (Fsp3) is 0.400. The first kappa shape index (κ1) is 19.8. The third kappa shape index (κ3) is 3.55. The molecular formula is C20H25N5O3. The number of aromatic nitrogens is 3. The summed E-state index contributed by atoms with van der Waals surface area (Å²) < 4.78 is 0. The molecule has 1 atom stereocenters. The molecule has 1 saturated heterocycles. The summed E-state index contributed by atoms with van der Waals surface area (Å²) in [5.41, 5.74) is 2.25. The average molecular weight is 383 g/mol. The summed E-state index contributed by atoms with van der Waals surface area (Å²) >= 11 is 0. The number of pyridine rings is 1. The van der Waals surface area contributed by atoms with Crippen LogP contribution in [0.3, 0.4) is 0 Å². The molecule has 1 aliphatic rings. The third-order valence-electron chi connectivity index (χ3n) is 4.88. The number of amides is 1. The Morgan fingerprint density at radius 3 is 2.61 bits per heavy atom. The first-order chi connectivity index (χ1) is 13.3. The van der Waals surface area contributed by atoms with E-state index in [9.17, 15) is 14.7 Å². The van der Waals surface area contributed by atoms with Crippen LogP contribution in [-0.2, 0) is 9.59 Å². The molecule has 148 valence electrons. The number of carbonyl (C=O) groups excluding carboxylic acids is 2. The lowest BCUT2D eigenvalue weighted by atomic mass is 9.97. The number of hydrogen-bond donors (Lipinski definition) is 2. The number of aromatic amines is 1. The van der Waals surface area contributed by atoms with Crippen LogP contribution < -0.4 is 0 Å². The van der Waals surface area contributed by atoms with Crippen LogP contribution in [0.25, 0.3) is 5.76 Å². The Balaban J connectivity index is 2.10. The van der Waals surface area contributed by atoms with Gasteiger partial charge >= 0.3 is 0 Å². The van der Waals surface area contributed by atoms with E-state index in [4.69, 9.17) is 0 Å². The third-order valence-corrected chi connectivity index (χ3v) is 4.88. The van der Waals surface area contributed by atoms with Crippen molar-refractivity contribution in [1.82, 2.24) is 25.0 Å². The van der Waals surface area contributed by atoms with Gasteiger partial charge in [0.15, 0.2) is 0 Å². The Kier molecular flexibility index (Phi) is 5.60. The molecule has 0 saturated carbocycles. The van der Waals surface area contributed by atoms with Gasteiger partial charge in [-0.1, -0.05) is 6.07 Å². The summed E-state index contributed by atoms with van der Waals surface area (Å²) in [4.78, 5) is 33.5. The highest BCUT2D eigenvalue weighted by molar-refractivity contribution is 6.46. The Morgan fingerprint density at radius 1 is 1.29 bits per heavy atom. The SMILES string of the molecule is Cc1n[nH]c(C)c1/C(O)=C1\C(=O)C(=O)N(CCCN(C)C)C1c1ccccn1. The van der Waals surface area contributed by atoms with Gasteiger partial charge in [0.1, 0.15) is 11.8 Å². The van der Waals surface area contributed by atoms with Crippen LogP contribution in [0, 0.1) is 13.8 Å². The fourth-order valence-electron chi connectivity index (χ4n) is 3.55. The number of carbonyl (C=O) groups is 2. The fourth-order valence-corrected chi connectivity index (χ4v) is 3.55. The molecule has 2 aromatic rings. The van der Waals surface area contributed by atoms with Crippen molar-refractivity contribution in [3.05, 3.63) is 52.6 Å². The van der Waals surface area contributed by atoms with Gasteiger partial charge in [0.2, 0.25) is 0 Å². The maximum Gasteiger partial charge on any atom is 0.295 e. The molecule has 0 spiro atoms. The Bertz CT molecular complexity index is 898. The molecule has 3 rings (SSSR count). The van der Waals surface area contributed by atoms with Crippen LogP contribution in [-0.4, -0.2) is 69.0 Å². The van der Waals surface area contributed by atoms with E-state index in [0.717, 1.165) is 6.54 Å². The van der Waals surface area contributed by atoms with Gasteiger partial charge in [0, 0.05) is 18.4 Å². The molecular weight excluding hydrogens is 358 g/mol. The number of aliphatic hydroxyl groups is 1. The van der Waals surface area contributed by atoms with E-state index in [1.54, 1.807) is 38.2 Å². The molecule has 2 aromatic heterocycles. The number of aryl methyl sites for hydroxylation is 2. The summed E-state index contributed by atoms with van der Waals surface area (Å²) in [6.45, 7) is 4.67. The highest BCUT2D eigenvalue weighted by Gasteiger charge is 2.46. The number of likely N-dealkylation sites (tertiary alicyclic amines) is 1. The summed E-state index contributed by atoms with van der Waals surface area (Å²) in [6.07, 6.45) is 2.32. The number of Topliss-reactive ketones (excluding diaryl/α,β-unsaturated/α-hetero) is 1. The van der Waals surface area contributed by atoms with Crippen LogP contribution in [0.15, 0.2) is 30.0 Å². The first-order valence-corrected chi connectivity index (χ1v) is 9.19. The topological polar surface area (TPSA) is 102 Å². The van der Waals surface area contributed by atoms with Crippen molar-refractivity contribution in [2.75, 3.05) is 27.2 Å². The van der Waals surface area contributed by atoms with Gasteiger partial charge in [0.25, 0.3) is 11.7 Å². The standard InChI is InChI=1S/C20H25N5O3/c1-12-15(13(2)23-22-12)18(26)16-17(14-8-5-6-9-21-14)25(20(28)19(16)27)11-7-10-24(3)4/h5-6,8-9,17,26H,7,10-11H2,1-4H3,(H,22,23)/b18-16+. The lowest BCUT2D eigenvalue weighted by molar-refractivity contribution is -0.140. The molecule has 8 heteroatoms. The molecule has 0 bridgehead atoms. The Morgan fingerprint density at radius 2 is 2.04 bits per heavy atom. The quantitative estimate of drug-likeness (QED) is 0.448. The average Bonchev–Trinajstić information content (AvgIpc) is 3.12. The van der Waals surface area contributed by atoms with Crippen LogP contribution >= 0.6 is 0 Å². The van der Waals surface area contributed by atoms with E-state index < -0.39 is 17.7 Å². The van der Waals surface area contributed by atoms with Gasteiger partial charge in [-0.3, -0.25) is 19.7 Å². The summed E-state index contributed by atoms with van der Waals surface area (Å²) in [7, 11) is 3.91. The van der Waals surface area contributed by atoms with Gasteiger partial charge in [-0.05, 0) is 53.0 Å². The van der Waals surface area contributed by atoms with Crippen LogP contribution in [0.2, 0.25) is 0 Å². The number of nitrogens with one attached hydrogen (secondary N) is 1. The van der Waals surface area contributed by atoms with Crippen molar-refractivity contribution in [1.29, 1.82) is 0 Å². The van der Waals surface area contributed by atoms with Crippen molar-refractivity contribution in [2.45, 2.75) is 26.3 Å². The van der Waals surface area contributed by atoms with Crippen molar-refractivity contribution in [3.8, 4) is 0 Å². The predicted octanol–water partition coefficient (Wildman–Crippen LogP) is 1.79. The first-order valence-electron chi connectivity index (χ1n) is 9.19. The molecule has 1 aliphatic heterocycles. The molecule has 2 N–H and O–H groups in total. The number of ketones is 1. The molecule has 1 unspecified atom stereocenters. The number of hydrogen-bond acceptors (Lipinski definition) is 6. The van der Waals surface area contributed by atoms with E-state index >= 15 is 0 Å². The van der Waals surface area contributed by atoms with Crippen LogP contribution in [0.4, 0.5) is 0 Å². The lowest BCUT2D eigenvalue weighted by Crippen LogP contribution is -2.32. The van der Waals surface area contributed by atoms with E-state index in [0.29, 0.717) is 35.6 Å². The van der Waals surface area contributed by atoms with Crippen LogP contribution in [0.5, 0.6) is 0 Å². The number of nitrogens with zero attached hydrogens (tertiary/aromatic N) is 4. The molecule has 3 heterocycles. The van der Waals surface area contributed by atoms with Gasteiger partial charge in [-0.2, -0.15) is 5.10 Å². The highest BCUT2D eigenvalue weighted by atomic mass is 16.3. The van der Waals surface area contributed by atoms with Gasteiger partial charge in [-0.15, -0.1) is 0 Å². The second-order valence-corrected chi connectivity index (χ2v) is 7.21.